The predicted molar refractivity (Wildman–Crippen MR) is 81.5 cm³/mol. The Morgan fingerprint density at radius 3 is 3.10 bits per heavy atom. The maximum Gasteiger partial charge on any atom is 0.151 e. The lowest BCUT2D eigenvalue weighted by Gasteiger charge is -2.47. The van der Waals surface area contributed by atoms with E-state index in [0.29, 0.717) is 11.9 Å². The van der Waals surface area contributed by atoms with E-state index in [1.165, 1.54) is 6.33 Å². The number of aromatic amines is 1. The van der Waals surface area contributed by atoms with Gasteiger partial charge in [-0.2, -0.15) is 11.8 Å². The van der Waals surface area contributed by atoms with Crippen LogP contribution in [-0.2, 0) is 6.54 Å². The molecule has 6 nitrogen and oxygen atoms in total. The molecule has 4 N–H and O–H groups in total. The summed E-state index contributed by atoms with van der Waals surface area (Å²) in [5.41, 5.74) is 8.62. The smallest absolute Gasteiger partial charge is 0.151 e. The summed E-state index contributed by atoms with van der Waals surface area (Å²) in [6, 6.07) is 0.794. The highest BCUT2D eigenvalue weighted by atomic mass is 32.2. The number of aliphatic hydroxyl groups is 1. The van der Waals surface area contributed by atoms with E-state index in [2.05, 4.69) is 26.1 Å². The first-order chi connectivity index (χ1) is 9.74. The van der Waals surface area contributed by atoms with E-state index in [9.17, 15) is 5.11 Å². The molecule has 1 aliphatic rings. The molecule has 1 unspecified atom stereocenters. The maximum atomic E-state index is 9.43. The van der Waals surface area contributed by atoms with Crippen molar-refractivity contribution < 1.29 is 5.11 Å². The van der Waals surface area contributed by atoms with Gasteiger partial charge in [-0.15, -0.1) is 0 Å². The Hall–Kier alpha value is -1.31. The second kappa shape index (κ2) is 5.59. The number of nitrogens with one attached hydrogen (secondary N) is 1. The van der Waals surface area contributed by atoms with Crippen LogP contribution in [0.15, 0.2) is 12.5 Å². The molecular formula is C13H19N5OS. The number of H-pyrrole nitrogens is 1. The van der Waals surface area contributed by atoms with Crippen LogP contribution in [0.4, 0.5) is 5.82 Å². The maximum absolute atomic E-state index is 9.43. The number of aromatic nitrogens is 3. The average Bonchev–Trinajstić information content (AvgIpc) is 2.85. The van der Waals surface area contributed by atoms with Crippen LogP contribution in [-0.4, -0.2) is 55.7 Å². The van der Waals surface area contributed by atoms with Crippen LogP contribution in [0.25, 0.3) is 11.0 Å². The van der Waals surface area contributed by atoms with E-state index in [-0.39, 0.29) is 12.6 Å². The topological polar surface area (TPSA) is 91.1 Å². The van der Waals surface area contributed by atoms with Crippen LogP contribution < -0.4 is 5.73 Å². The van der Waals surface area contributed by atoms with Crippen LogP contribution in [0.2, 0.25) is 0 Å². The zero-order valence-corrected chi connectivity index (χ0v) is 12.2. The minimum atomic E-state index is 0.213. The van der Waals surface area contributed by atoms with Gasteiger partial charge in [0.05, 0.1) is 12.1 Å². The second-order valence-electron chi connectivity index (χ2n) is 5.15. The van der Waals surface area contributed by atoms with Gasteiger partial charge in [0.2, 0.25) is 0 Å². The van der Waals surface area contributed by atoms with E-state index >= 15 is 0 Å². The number of fused-ring (bicyclic) bond motifs is 1. The summed E-state index contributed by atoms with van der Waals surface area (Å²) in [4.78, 5) is 13.8. The number of nitrogens with zero attached hydrogens (tertiary/aromatic N) is 3. The van der Waals surface area contributed by atoms with Crippen molar-refractivity contribution in [2.45, 2.75) is 25.0 Å². The van der Waals surface area contributed by atoms with E-state index in [1.54, 1.807) is 0 Å². The Kier molecular flexibility index (Phi) is 3.82. The first-order valence-electron chi connectivity index (χ1n) is 6.66. The van der Waals surface area contributed by atoms with Gasteiger partial charge in [0.25, 0.3) is 0 Å². The van der Waals surface area contributed by atoms with Gasteiger partial charge in [-0.05, 0) is 12.7 Å². The molecule has 3 rings (SSSR count). The van der Waals surface area contributed by atoms with Crippen molar-refractivity contribution in [1.82, 2.24) is 19.9 Å². The highest BCUT2D eigenvalue weighted by Crippen LogP contribution is 2.31. The summed E-state index contributed by atoms with van der Waals surface area (Å²) in [6.07, 6.45) is 6.62. The number of likely N-dealkylation sites (tertiary alicyclic amines) is 1. The van der Waals surface area contributed by atoms with Gasteiger partial charge in [-0.25, -0.2) is 9.97 Å². The molecule has 1 aliphatic heterocycles. The molecule has 0 spiro atoms. The summed E-state index contributed by atoms with van der Waals surface area (Å²) in [5.74, 6) is 1.57. The third kappa shape index (κ3) is 2.25. The Balaban J connectivity index is 1.83. The number of thioether (sulfide) groups is 1. The fourth-order valence-corrected chi connectivity index (χ4v) is 3.58. The van der Waals surface area contributed by atoms with Gasteiger partial charge in [0.1, 0.15) is 11.8 Å². The lowest BCUT2D eigenvalue weighted by Crippen LogP contribution is -2.57. The number of nitrogens with two attached hydrogens (primary N) is 1. The lowest BCUT2D eigenvalue weighted by atomic mass is 9.94. The van der Waals surface area contributed by atoms with E-state index in [4.69, 9.17) is 5.73 Å². The molecule has 0 radical (unpaired) electrons. The largest absolute Gasteiger partial charge is 0.395 e. The van der Waals surface area contributed by atoms with Crippen molar-refractivity contribution in [2.75, 3.05) is 24.3 Å². The summed E-state index contributed by atoms with van der Waals surface area (Å²) in [6.45, 7) is 0.997. The van der Waals surface area contributed by atoms with Crippen LogP contribution in [0.3, 0.4) is 0 Å². The van der Waals surface area contributed by atoms with Crippen molar-refractivity contribution in [2.24, 2.45) is 0 Å². The number of anilines is 1. The minimum Gasteiger partial charge on any atom is -0.395 e. The van der Waals surface area contributed by atoms with Crippen molar-refractivity contribution >= 4 is 28.6 Å². The van der Waals surface area contributed by atoms with Crippen molar-refractivity contribution in [1.29, 1.82) is 0 Å². The molecule has 7 heteroatoms. The fraction of sp³-hybridized carbons (Fsp3) is 0.538. The summed E-state index contributed by atoms with van der Waals surface area (Å²) < 4.78 is 0. The molecule has 1 fully saturated rings. The van der Waals surface area contributed by atoms with Crippen LogP contribution in [0.5, 0.6) is 0 Å². The highest BCUT2D eigenvalue weighted by molar-refractivity contribution is 7.98. The molecule has 0 aliphatic carbocycles. The van der Waals surface area contributed by atoms with E-state index in [1.807, 2.05) is 18.0 Å². The van der Waals surface area contributed by atoms with Gasteiger partial charge in [0.15, 0.2) is 5.82 Å². The molecule has 0 bridgehead atoms. The summed E-state index contributed by atoms with van der Waals surface area (Å²) >= 11 is 1.84. The zero-order chi connectivity index (χ0) is 14.1. The average molecular weight is 293 g/mol. The summed E-state index contributed by atoms with van der Waals surface area (Å²) in [5, 5.41) is 9.43. The molecule has 2 aromatic rings. The standard InChI is InChI=1S/C13H19N5OS/c1-20-6-10-2-9(5-19)18(10)4-8-3-15-12-11(8)16-7-17-13(12)14/h3,7,9-10,15,19H,2,4-6H2,1H3,(H2,14,16,17)/t9?,10-/m0/s1. The van der Waals surface area contributed by atoms with Crippen molar-refractivity contribution in [3.05, 3.63) is 18.1 Å². The predicted octanol–water partition coefficient (Wildman–Crippen LogP) is 0.838. The molecular weight excluding hydrogens is 274 g/mol. The third-order valence-corrected chi connectivity index (χ3v) is 4.69. The zero-order valence-electron chi connectivity index (χ0n) is 11.4. The monoisotopic (exact) mass is 293 g/mol. The molecule has 0 aromatic carbocycles. The molecule has 0 saturated carbocycles. The second-order valence-corrected chi connectivity index (χ2v) is 6.06. The van der Waals surface area contributed by atoms with Crippen LogP contribution in [0, 0.1) is 0 Å². The first-order valence-corrected chi connectivity index (χ1v) is 8.06. The lowest BCUT2D eigenvalue weighted by molar-refractivity contribution is -0.0123. The van der Waals surface area contributed by atoms with Gasteiger partial charge in [-0.1, -0.05) is 0 Å². The van der Waals surface area contributed by atoms with Crippen LogP contribution >= 0.6 is 11.8 Å². The third-order valence-electron chi connectivity index (χ3n) is 3.98. The van der Waals surface area contributed by atoms with Gasteiger partial charge in [-0.3, -0.25) is 4.90 Å². The number of hydrogen-bond acceptors (Lipinski definition) is 6. The number of hydrogen-bond donors (Lipinski definition) is 3. The van der Waals surface area contributed by atoms with Gasteiger partial charge in [0, 0.05) is 36.1 Å². The normalized spacial score (nSPS) is 23.1. The van der Waals surface area contributed by atoms with Gasteiger partial charge >= 0.3 is 0 Å². The molecule has 2 aromatic heterocycles. The van der Waals surface area contributed by atoms with E-state index in [0.717, 1.165) is 35.3 Å². The van der Waals surface area contributed by atoms with Gasteiger partial charge < -0.3 is 15.8 Å². The molecule has 0 amide bonds. The molecule has 108 valence electrons. The molecule has 20 heavy (non-hydrogen) atoms. The quantitative estimate of drug-likeness (QED) is 0.756. The SMILES string of the molecule is CSC[C@@H]1CC(CO)N1Cc1c[nH]c2c(N)ncnc12. The Morgan fingerprint density at radius 1 is 1.50 bits per heavy atom. The minimum absolute atomic E-state index is 0.213. The fourth-order valence-electron chi connectivity index (χ4n) is 2.87. The van der Waals surface area contributed by atoms with Crippen molar-refractivity contribution in [3.63, 3.8) is 0 Å². The molecule has 2 atom stereocenters. The Morgan fingerprint density at radius 2 is 2.35 bits per heavy atom. The van der Waals surface area contributed by atoms with Crippen molar-refractivity contribution in [3.8, 4) is 0 Å². The molecule has 3 heterocycles. The first kappa shape index (κ1) is 13.7. The number of rotatable bonds is 5. The Bertz CT molecular complexity index is 601. The number of aliphatic hydroxyl groups excluding tert-OH is 1. The highest BCUT2D eigenvalue weighted by Gasteiger charge is 2.37. The van der Waals surface area contributed by atoms with Crippen LogP contribution in [0.1, 0.15) is 12.0 Å². The summed E-state index contributed by atoms with van der Waals surface area (Å²) in [7, 11) is 0. The number of nitrogen functional groups attached to an aromatic ring is 1. The Labute approximate surface area is 121 Å². The van der Waals surface area contributed by atoms with E-state index < -0.39 is 0 Å². The molecule has 1 saturated heterocycles.